The summed E-state index contributed by atoms with van der Waals surface area (Å²) in [4.78, 5) is 26.9. The molecule has 1 heterocycles. The molecule has 1 aliphatic heterocycles. The molecule has 1 saturated heterocycles. The molecule has 2 N–H and O–H groups in total. The summed E-state index contributed by atoms with van der Waals surface area (Å²) in [5, 5.41) is 5.84. The molecule has 0 radical (unpaired) electrons. The van der Waals surface area contributed by atoms with Crippen LogP contribution in [-0.4, -0.2) is 49.7 Å². The summed E-state index contributed by atoms with van der Waals surface area (Å²) >= 11 is 0. The Bertz CT molecular complexity index is 994. The molecular formula is C23H29N3O4S. The van der Waals surface area contributed by atoms with Crippen LogP contribution < -0.4 is 10.6 Å². The second-order valence-corrected chi connectivity index (χ2v) is 10.0. The monoisotopic (exact) mass is 443 g/mol. The Hall–Kier alpha value is -2.71. The van der Waals surface area contributed by atoms with E-state index in [4.69, 9.17) is 0 Å². The van der Waals surface area contributed by atoms with Gasteiger partial charge in [0.05, 0.1) is 11.5 Å². The Morgan fingerprint density at radius 3 is 2.42 bits per heavy atom. The van der Waals surface area contributed by atoms with Crippen molar-refractivity contribution < 1.29 is 18.0 Å². The molecule has 7 nitrogen and oxygen atoms in total. The van der Waals surface area contributed by atoms with Crippen LogP contribution in [0, 0.1) is 0 Å². The van der Waals surface area contributed by atoms with Gasteiger partial charge in [-0.1, -0.05) is 49.4 Å². The Kier molecular flexibility index (Phi) is 7.81. The van der Waals surface area contributed by atoms with E-state index in [1.807, 2.05) is 66.4 Å². The molecule has 1 aliphatic rings. The van der Waals surface area contributed by atoms with Crippen LogP contribution >= 0.6 is 0 Å². The van der Waals surface area contributed by atoms with Crippen LogP contribution in [0.5, 0.6) is 0 Å². The number of sulfone groups is 1. The number of hydrogen-bond donors (Lipinski definition) is 2. The third kappa shape index (κ3) is 6.63. The molecule has 0 spiro atoms. The first kappa shape index (κ1) is 23.0. The minimum absolute atomic E-state index is 0.0344. The van der Waals surface area contributed by atoms with Gasteiger partial charge in [-0.25, -0.2) is 8.42 Å². The normalized spacial score (nSPS) is 16.9. The molecule has 0 aromatic heterocycles. The molecule has 1 fully saturated rings. The molecule has 166 valence electrons. The predicted octanol–water partition coefficient (Wildman–Crippen LogP) is 2.51. The smallest absolute Gasteiger partial charge is 0.242 e. The zero-order valence-corrected chi connectivity index (χ0v) is 18.5. The second-order valence-electron chi connectivity index (χ2n) is 7.72. The molecule has 31 heavy (non-hydrogen) atoms. The van der Waals surface area contributed by atoms with Crippen LogP contribution in [0.2, 0.25) is 0 Å². The fourth-order valence-electron chi connectivity index (χ4n) is 3.64. The summed E-state index contributed by atoms with van der Waals surface area (Å²) in [6, 6.07) is 16.2. The van der Waals surface area contributed by atoms with Gasteiger partial charge in [0.2, 0.25) is 11.8 Å². The first-order valence-electron chi connectivity index (χ1n) is 10.5. The number of amides is 2. The number of benzene rings is 2. The quantitative estimate of drug-likeness (QED) is 0.654. The highest BCUT2D eigenvalue weighted by Crippen LogP contribution is 2.23. The third-order valence-corrected chi connectivity index (χ3v) is 6.87. The van der Waals surface area contributed by atoms with Gasteiger partial charge in [0.1, 0.15) is 6.04 Å². The second kappa shape index (κ2) is 10.5. The molecular weight excluding hydrogens is 414 g/mol. The Morgan fingerprint density at radius 2 is 1.74 bits per heavy atom. The number of hydrogen-bond acceptors (Lipinski definition) is 5. The van der Waals surface area contributed by atoms with Crippen molar-refractivity contribution in [2.75, 3.05) is 29.9 Å². The van der Waals surface area contributed by atoms with E-state index in [1.165, 1.54) is 0 Å². The predicted molar refractivity (Wildman–Crippen MR) is 121 cm³/mol. The van der Waals surface area contributed by atoms with Gasteiger partial charge in [-0.3, -0.25) is 14.5 Å². The van der Waals surface area contributed by atoms with Gasteiger partial charge in [0.25, 0.3) is 0 Å². The lowest BCUT2D eigenvalue weighted by Crippen LogP contribution is -2.47. The summed E-state index contributed by atoms with van der Waals surface area (Å²) in [5.74, 6) is -0.0922. The van der Waals surface area contributed by atoms with Crippen LogP contribution in [0.4, 0.5) is 5.69 Å². The van der Waals surface area contributed by atoms with Gasteiger partial charge in [-0.05, 0) is 29.7 Å². The van der Waals surface area contributed by atoms with E-state index < -0.39 is 15.9 Å². The third-order valence-electron chi connectivity index (χ3n) is 5.26. The van der Waals surface area contributed by atoms with Gasteiger partial charge < -0.3 is 10.6 Å². The van der Waals surface area contributed by atoms with Gasteiger partial charge in [0.15, 0.2) is 9.84 Å². The standard InChI is InChI=1S/C23H29N3O4S/c1-2-7-21(27)25-20-11-6-8-18(16-20)17-24-23(28)22(19-9-4-3-5-10-19)26-12-14-31(29,30)15-13-26/h3-6,8-11,16,22H,2,7,12-15,17H2,1H3,(H,24,28)(H,25,27). The highest BCUT2D eigenvalue weighted by Gasteiger charge is 2.32. The van der Waals surface area contributed by atoms with Crippen LogP contribution in [0.15, 0.2) is 54.6 Å². The lowest BCUT2D eigenvalue weighted by atomic mass is 10.0. The number of carbonyl (C=O) groups is 2. The van der Waals surface area contributed by atoms with E-state index in [1.54, 1.807) is 0 Å². The molecule has 0 saturated carbocycles. The van der Waals surface area contributed by atoms with E-state index in [0.717, 1.165) is 17.5 Å². The lowest BCUT2D eigenvalue weighted by Gasteiger charge is -2.33. The molecule has 1 unspecified atom stereocenters. The lowest BCUT2D eigenvalue weighted by molar-refractivity contribution is -0.126. The highest BCUT2D eigenvalue weighted by molar-refractivity contribution is 7.91. The summed E-state index contributed by atoms with van der Waals surface area (Å²) < 4.78 is 23.7. The van der Waals surface area contributed by atoms with Crippen molar-refractivity contribution in [2.24, 2.45) is 0 Å². The average Bonchev–Trinajstić information content (AvgIpc) is 2.75. The zero-order valence-electron chi connectivity index (χ0n) is 17.7. The SMILES string of the molecule is CCCC(=O)Nc1cccc(CNC(=O)C(c2ccccc2)N2CCS(=O)(=O)CC2)c1. The summed E-state index contributed by atoms with van der Waals surface area (Å²) in [7, 11) is -3.04. The number of rotatable bonds is 8. The van der Waals surface area contributed by atoms with Crippen LogP contribution in [0.3, 0.4) is 0 Å². The van der Waals surface area contributed by atoms with E-state index >= 15 is 0 Å². The van der Waals surface area contributed by atoms with E-state index in [2.05, 4.69) is 10.6 Å². The molecule has 0 aliphatic carbocycles. The van der Waals surface area contributed by atoms with Crippen molar-refractivity contribution in [1.29, 1.82) is 0 Å². The first-order chi connectivity index (χ1) is 14.9. The largest absolute Gasteiger partial charge is 0.350 e. The molecule has 8 heteroatoms. The van der Waals surface area contributed by atoms with Crippen LogP contribution in [0.25, 0.3) is 0 Å². The van der Waals surface area contributed by atoms with E-state index in [-0.39, 0.29) is 23.3 Å². The van der Waals surface area contributed by atoms with Crippen molar-refractivity contribution in [3.63, 3.8) is 0 Å². The minimum Gasteiger partial charge on any atom is -0.350 e. The van der Waals surface area contributed by atoms with Gasteiger partial charge >= 0.3 is 0 Å². The molecule has 3 rings (SSSR count). The van der Waals surface area contributed by atoms with Crippen molar-refractivity contribution in [3.05, 3.63) is 65.7 Å². The Balaban J connectivity index is 1.69. The highest BCUT2D eigenvalue weighted by atomic mass is 32.2. The summed E-state index contributed by atoms with van der Waals surface area (Å²) in [6.45, 7) is 2.92. The first-order valence-corrected chi connectivity index (χ1v) is 12.4. The maximum atomic E-state index is 13.2. The number of anilines is 1. The molecule has 0 bridgehead atoms. The number of nitrogens with zero attached hydrogens (tertiary/aromatic N) is 1. The van der Waals surface area contributed by atoms with Crippen molar-refractivity contribution in [3.8, 4) is 0 Å². The number of carbonyl (C=O) groups excluding carboxylic acids is 2. The Labute approximate surface area is 183 Å². The summed E-state index contributed by atoms with van der Waals surface area (Å²) in [5.41, 5.74) is 2.40. The molecule has 2 aromatic carbocycles. The maximum Gasteiger partial charge on any atom is 0.242 e. The fraction of sp³-hybridized carbons (Fsp3) is 0.391. The van der Waals surface area contributed by atoms with Crippen LogP contribution in [0.1, 0.15) is 36.9 Å². The van der Waals surface area contributed by atoms with E-state index in [9.17, 15) is 18.0 Å². The van der Waals surface area contributed by atoms with Crippen molar-refractivity contribution in [1.82, 2.24) is 10.2 Å². The summed E-state index contributed by atoms with van der Waals surface area (Å²) in [6.07, 6.45) is 1.24. The van der Waals surface area contributed by atoms with Crippen molar-refractivity contribution in [2.45, 2.75) is 32.4 Å². The zero-order chi connectivity index (χ0) is 22.3. The Morgan fingerprint density at radius 1 is 1.03 bits per heavy atom. The maximum absolute atomic E-state index is 13.2. The topological polar surface area (TPSA) is 95.6 Å². The van der Waals surface area contributed by atoms with E-state index in [0.29, 0.717) is 31.7 Å². The molecule has 2 aromatic rings. The average molecular weight is 444 g/mol. The van der Waals surface area contributed by atoms with Crippen LogP contribution in [-0.2, 0) is 26.0 Å². The van der Waals surface area contributed by atoms with Gasteiger partial charge in [-0.2, -0.15) is 0 Å². The molecule has 1 atom stereocenters. The minimum atomic E-state index is -3.04. The van der Waals surface area contributed by atoms with Gasteiger partial charge in [0, 0.05) is 31.7 Å². The van der Waals surface area contributed by atoms with Gasteiger partial charge in [-0.15, -0.1) is 0 Å². The van der Waals surface area contributed by atoms with Crippen molar-refractivity contribution >= 4 is 27.3 Å². The fourth-order valence-corrected chi connectivity index (χ4v) is 4.87. The molecule has 2 amide bonds. The number of nitrogens with one attached hydrogen (secondary N) is 2.